The average Bonchev–Trinajstić information content (AvgIpc) is 3.42. The van der Waals surface area contributed by atoms with Gasteiger partial charge in [0.1, 0.15) is 5.69 Å². The highest BCUT2D eigenvalue weighted by Gasteiger charge is 2.36. The van der Waals surface area contributed by atoms with Crippen LogP contribution in [0, 0.1) is 0 Å². The highest BCUT2D eigenvalue weighted by Crippen LogP contribution is 2.35. The van der Waals surface area contributed by atoms with Crippen LogP contribution in [-0.4, -0.2) is 46.9 Å². The minimum atomic E-state index is -4.53. The molecular formula is C19H16F3N7OS. The van der Waals surface area contributed by atoms with Gasteiger partial charge in [0, 0.05) is 32.4 Å². The van der Waals surface area contributed by atoms with Gasteiger partial charge in [-0.05, 0) is 18.6 Å². The Kier molecular flexibility index (Phi) is 4.36. The summed E-state index contributed by atoms with van der Waals surface area (Å²) in [4.78, 5) is 23.3. The van der Waals surface area contributed by atoms with Gasteiger partial charge in [0.2, 0.25) is 0 Å². The van der Waals surface area contributed by atoms with Crippen LogP contribution in [0.2, 0.25) is 0 Å². The molecule has 1 amide bonds. The van der Waals surface area contributed by atoms with Crippen molar-refractivity contribution in [2.45, 2.75) is 19.1 Å². The summed E-state index contributed by atoms with van der Waals surface area (Å²) in [5, 5.41) is 8.10. The van der Waals surface area contributed by atoms with Crippen molar-refractivity contribution in [2.75, 3.05) is 6.54 Å². The first-order valence-electron chi connectivity index (χ1n) is 9.38. The maximum absolute atomic E-state index is 13.1. The number of pyridine rings is 1. The first kappa shape index (κ1) is 19.7. The van der Waals surface area contributed by atoms with Gasteiger partial charge in [-0.15, -0.1) is 11.3 Å². The van der Waals surface area contributed by atoms with Crippen LogP contribution >= 0.6 is 11.3 Å². The van der Waals surface area contributed by atoms with Crippen LogP contribution in [0.15, 0.2) is 23.8 Å². The molecule has 0 bridgehead atoms. The molecule has 0 atom stereocenters. The van der Waals surface area contributed by atoms with E-state index in [4.69, 9.17) is 0 Å². The Hall–Kier alpha value is -3.28. The number of alkyl halides is 3. The number of nitrogens with zero attached hydrogens (tertiary/aromatic N) is 7. The predicted molar refractivity (Wildman–Crippen MR) is 106 cm³/mol. The third kappa shape index (κ3) is 3.17. The fourth-order valence-corrected chi connectivity index (χ4v) is 4.70. The van der Waals surface area contributed by atoms with Gasteiger partial charge >= 0.3 is 6.18 Å². The van der Waals surface area contributed by atoms with Crippen molar-refractivity contribution in [3.63, 3.8) is 0 Å². The quantitative estimate of drug-likeness (QED) is 0.472. The first-order valence-corrected chi connectivity index (χ1v) is 10.3. The van der Waals surface area contributed by atoms with Crippen LogP contribution in [0.1, 0.15) is 27.4 Å². The van der Waals surface area contributed by atoms with Crippen molar-refractivity contribution in [3.8, 4) is 11.4 Å². The van der Waals surface area contributed by atoms with Gasteiger partial charge in [-0.3, -0.25) is 14.2 Å². The maximum Gasteiger partial charge on any atom is 0.435 e. The molecule has 5 rings (SSSR count). The van der Waals surface area contributed by atoms with E-state index in [-0.39, 0.29) is 12.5 Å². The lowest BCUT2D eigenvalue weighted by atomic mass is 10.0. The van der Waals surface area contributed by atoms with Crippen molar-refractivity contribution < 1.29 is 18.0 Å². The molecule has 4 aromatic rings. The number of hydrogen-bond acceptors (Lipinski definition) is 6. The molecule has 0 spiro atoms. The van der Waals surface area contributed by atoms with Crippen molar-refractivity contribution >= 4 is 27.5 Å². The van der Waals surface area contributed by atoms with Gasteiger partial charge in [0.15, 0.2) is 5.69 Å². The molecule has 0 N–H and O–H groups in total. The Bertz CT molecular complexity index is 1320. The lowest BCUT2D eigenvalue weighted by molar-refractivity contribution is -0.141. The molecule has 0 aromatic carbocycles. The van der Waals surface area contributed by atoms with Gasteiger partial charge in [-0.1, -0.05) is 0 Å². The number of halogens is 3. The Morgan fingerprint density at radius 1 is 1.16 bits per heavy atom. The molecule has 0 saturated heterocycles. The Morgan fingerprint density at radius 3 is 2.71 bits per heavy atom. The zero-order chi connectivity index (χ0) is 21.9. The lowest BCUT2D eigenvalue weighted by Gasteiger charge is -2.26. The third-order valence-electron chi connectivity index (χ3n) is 5.35. The number of amides is 1. The van der Waals surface area contributed by atoms with Gasteiger partial charge in [-0.25, -0.2) is 9.97 Å². The molecule has 0 unspecified atom stereocenters. The minimum absolute atomic E-state index is 0.215. The van der Waals surface area contributed by atoms with E-state index < -0.39 is 11.9 Å². The Morgan fingerprint density at radius 2 is 1.97 bits per heavy atom. The average molecular weight is 447 g/mol. The van der Waals surface area contributed by atoms with Crippen LogP contribution in [0.4, 0.5) is 13.2 Å². The van der Waals surface area contributed by atoms with Crippen LogP contribution in [0.3, 0.4) is 0 Å². The fraction of sp³-hybridized carbons (Fsp3) is 0.316. The first-order chi connectivity index (χ1) is 14.7. The van der Waals surface area contributed by atoms with Crippen LogP contribution in [-0.2, 0) is 33.2 Å². The number of carbonyl (C=O) groups is 1. The number of aryl methyl sites for hydroxylation is 2. The highest BCUT2D eigenvalue weighted by molar-refractivity contribution is 7.17. The molecule has 12 heteroatoms. The maximum atomic E-state index is 13.1. The topological polar surface area (TPSA) is 81.7 Å². The van der Waals surface area contributed by atoms with Crippen molar-refractivity contribution in [1.82, 2.24) is 34.4 Å². The van der Waals surface area contributed by atoms with Crippen molar-refractivity contribution in [3.05, 3.63) is 46.5 Å². The van der Waals surface area contributed by atoms with Crippen LogP contribution < -0.4 is 0 Å². The summed E-state index contributed by atoms with van der Waals surface area (Å²) in [6, 6.07) is 2.79. The van der Waals surface area contributed by atoms with Gasteiger partial charge in [0.25, 0.3) is 5.91 Å². The van der Waals surface area contributed by atoms with E-state index in [2.05, 4.69) is 20.2 Å². The van der Waals surface area contributed by atoms with Gasteiger partial charge in [-0.2, -0.15) is 23.4 Å². The largest absolute Gasteiger partial charge is 0.435 e. The number of hydrogen-bond donors (Lipinski definition) is 0. The summed E-state index contributed by atoms with van der Waals surface area (Å²) < 4.78 is 42.8. The Labute approximate surface area is 177 Å². The summed E-state index contributed by atoms with van der Waals surface area (Å²) in [5.41, 5.74) is 4.19. The standard InChI is InChI=1S/C19H16F3N7OS/c1-27-13(7-14(26-27)19(20,21)22)16-10-4-6-29(8-12(10)25-28(16)2)18(30)15-17-11(3-5-23-15)24-9-31-17/h3,5,7,9H,4,6,8H2,1-2H3. The number of fused-ring (bicyclic) bond motifs is 2. The van der Waals surface area contributed by atoms with Crippen LogP contribution in [0.25, 0.3) is 21.6 Å². The molecule has 8 nitrogen and oxygen atoms in total. The monoisotopic (exact) mass is 447 g/mol. The van der Waals surface area contributed by atoms with Crippen molar-refractivity contribution in [2.24, 2.45) is 14.1 Å². The number of aromatic nitrogens is 6. The third-order valence-corrected chi connectivity index (χ3v) is 6.20. The molecule has 160 valence electrons. The highest BCUT2D eigenvalue weighted by atomic mass is 32.1. The van der Waals surface area contributed by atoms with E-state index in [0.717, 1.165) is 21.8 Å². The molecule has 1 aliphatic rings. The van der Waals surface area contributed by atoms with Gasteiger partial charge in [0.05, 0.1) is 39.4 Å². The zero-order valence-corrected chi connectivity index (χ0v) is 17.3. The minimum Gasteiger partial charge on any atom is -0.331 e. The molecule has 0 radical (unpaired) electrons. The SMILES string of the molecule is Cn1nc(C(F)(F)F)cc1-c1c2c(nn1C)CN(C(=O)c1nccc3ncsc13)CC2. The second-order valence-corrected chi connectivity index (χ2v) is 8.13. The number of thiazole rings is 1. The molecule has 31 heavy (non-hydrogen) atoms. The zero-order valence-electron chi connectivity index (χ0n) is 16.5. The second kappa shape index (κ2) is 6.87. The van der Waals surface area contributed by atoms with Crippen molar-refractivity contribution in [1.29, 1.82) is 0 Å². The molecule has 0 fully saturated rings. The molecular weight excluding hydrogens is 431 g/mol. The van der Waals surface area contributed by atoms with Crippen LogP contribution in [0.5, 0.6) is 0 Å². The normalized spacial score (nSPS) is 14.3. The van der Waals surface area contributed by atoms with E-state index in [9.17, 15) is 18.0 Å². The summed E-state index contributed by atoms with van der Waals surface area (Å²) in [5.74, 6) is -0.215. The lowest BCUT2D eigenvalue weighted by Crippen LogP contribution is -2.36. The second-order valence-electron chi connectivity index (χ2n) is 7.27. The van der Waals surface area contributed by atoms with Gasteiger partial charge < -0.3 is 4.90 Å². The molecule has 0 saturated carbocycles. The summed E-state index contributed by atoms with van der Waals surface area (Å²) in [7, 11) is 3.16. The molecule has 1 aliphatic heterocycles. The van der Waals surface area contributed by atoms with E-state index >= 15 is 0 Å². The summed E-state index contributed by atoms with van der Waals surface area (Å²) >= 11 is 1.36. The Balaban J connectivity index is 1.48. The molecule has 5 heterocycles. The van der Waals surface area contributed by atoms with E-state index in [1.807, 2.05) is 0 Å². The number of rotatable bonds is 2. The number of carbonyl (C=O) groups excluding carboxylic acids is 1. The molecule has 4 aromatic heterocycles. The fourth-order valence-electron chi connectivity index (χ4n) is 3.93. The van der Waals surface area contributed by atoms with E-state index in [1.165, 1.54) is 23.1 Å². The molecule has 0 aliphatic carbocycles. The van der Waals surface area contributed by atoms with E-state index in [0.29, 0.717) is 35.7 Å². The van der Waals surface area contributed by atoms with E-state index in [1.54, 1.807) is 34.4 Å². The summed E-state index contributed by atoms with van der Waals surface area (Å²) in [6.45, 7) is 0.661. The summed E-state index contributed by atoms with van der Waals surface area (Å²) in [6.07, 6.45) is -2.50. The predicted octanol–water partition coefficient (Wildman–Crippen LogP) is 3.04. The smallest absolute Gasteiger partial charge is 0.331 e.